The minimum absolute atomic E-state index is 0.592. The Morgan fingerprint density at radius 2 is 2.35 bits per heavy atom. The molecule has 2 aromatic rings. The molecule has 5 heteroatoms. The zero-order valence-corrected chi connectivity index (χ0v) is 10.2. The number of nitrogens with two attached hydrogens (primary N) is 1. The number of hydrogen-bond acceptors (Lipinski definition) is 5. The van der Waals surface area contributed by atoms with Gasteiger partial charge in [0.2, 0.25) is 0 Å². The highest BCUT2D eigenvalue weighted by Crippen LogP contribution is 2.34. The van der Waals surface area contributed by atoms with Crippen LogP contribution in [0.25, 0.3) is 0 Å². The van der Waals surface area contributed by atoms with E-state index in [0.717, 1.165) is 12.4 Å². The summed E-state index contributed by atoms with van der Waals surface area (Å²) in [6.07, 6.45) is 5.70. The van der Waals surface area contributed by atoms with Crippen molar-refractivity contribution in [2.24, 2.45) is 0 Å². The van der Waals surface area contributed by atoms with Crippen molar-refractivity contribution in [2.45, 2.75) is 25.4 Å². The quantitative estimate of drug-likeness (QED) is 0.899. The van der Waals surface area contributed by atoms with Crippen LogP contribution in [0.2, 0.25) is 0 Å². The van der Waals surface area contributed by atoms with Gasteiger partial charge < -0.3 is 10.6 Å². The maximum absolute atomic E-state index is 5.95. The van der Waals surface area contributed by atoms with E-state index in [1.54, 1.807) is 23.9 Å². The summed E-state index contributed by atoms with van der Waals surface area (Å²) < 4.78 is 0. The Kier molecular flexibility index (Phi) is 2.68. The molecule has 2 aromatic heterocycles. The monoisotopic (exact) mass is 246 g/mol. The second-order valence-electron chi connectivity index (χ2n) is 4.24. The van der Waals surface area contributed by atoms with E-state index in [1.165, 1.54) is 17.7 Å². The predicted molar refractivity (Wildman–Crippen MR) is 70.0 cm³/mol. The summed E-state index contributed by atoms with van der Waals surface area (Å²) in [4.78, 5) is 11.9. The highest BCUT2D eigenvalue weighted by Gasteiger charge is 2.31. The lowest BCUT2D eigenvalue weighted by Crippen LogP contribution is -2.26. The third-order valence-electron chi connectivity index (χ3n) is 2.88. The molecule has 2 heterocycles. The van der Waals surface area contributed by atoms with Crippen LogP contribution in [-0.2, 0) is 6.54 Å². The molecule has 1 aliphatic rings. The van der Waals surface area contributed by atoms with Crippen LogP contribution in [-0.4, -0.2) is 16.0 Å². The maximum atomic E-state index is 5.95. The molecule has 17 heavy (non-hydrogen) atoms. The van der Waals surface area contributed by atoms with Crippen molar-refractivity contribution in [1.29, 1.82) is 0 Å². The van der Waals surface area contributed by atoms with Crippen LogP contribution in [0.15, 0.2) is 30.0 Å². The van der Waals surface area contributed by atoms with Crippen molar-refractivity contribution in [2.75, 3.05) is 10.6 Å². The minimum atomic E-state index is 0.592. The molecule has 88 valence electrons. The number of anilines is 2. The Balaban J connectivity index is 1.88. The van der Waals surface area contributed by atoms with E-state index in [0.29, 0.717) is 11.7 Å². The maximum Gasteiger partial charge on any atom is 0.155 e. The van der Waals surface area contributed by atoms with Crippen molar-refractivity contribution in [3.63, 3.8) is 0 Å². The summed E-state index contributed by atoms with van der Waals surface area (Å²) in [6.45, 7) is 0.892. The van der Waals surface area contributed by atoms with Gasteiger partial charge in [0, 0.05) is 10.9 Å². The fraction of sp³-hybridized carbons (Fsp3) is 0.333. The fourth-order valence-electron chi connectivity index (χ4n) is 1.91. The lowest BCUT2D eigenvalue weighted by Gasteiger charge is -2.23. The molecule has 0 unspecified atom stereocenters. The normalized spacial score (nSPS) is 14.8. The molecule has 0 aliphatic heterocycles. The molecule has 2 N–H and O–H groups in total. The lowest BCUT2D eigenvalue weighted by molar-refractivity contribution is 0.785. The molecule has 0 saturated heterocycles. The Morgan fingerprint density at radius 3 is 3.00 bits per heavy atom. The first-order valence-corrected chi connectivity index (χ1v) is 6.57. The van der Waals surface area contributed by atoms with Gasteiger partial charge in [-0.2, -0.15) is 0 Å². The summed E-state index contributed by atoms with van der Waals surface area (Å²) in [6, 6.07) is 4.82. The Bertz CT molecular complexity index is 493. The number of thiophene rings is 1. The van der Waals surface area contributed by atoms with Crippen molar-refractivity contribution in [3.8, 4) is 0 Å². The second kappa shape index (κ2) is 4.33. The van der Waals surface area contributed by atoms with Gasteiger partial charge in [-0.3, -0.25) is 0 Å². The van der Waals surface area contributed by atoms with Crippen LogP contribution in [0.1, 0.15) is 17.7 Å². The third kappa shape index (κ3) is 2.24. The Hall–Kier alpha value is -1.62. The molecule has 4 nitrogen and oxygen atoms in total. The van der Waals surface area contributed by atoms with Crippen LogP contribution >= 0.6 is 11.3 Å². The molecule has 0 aromatic carbocycles. The molecule has 1 fully saturated rings. The largest absolute Gasteiger partial charge is 0.394 e. The predicted octanol–water partition coefficient (Wildman–Crippen LogP) is 2.29. The second-order valence-corrected chi connectivity index (χ2v) is 5.27. The standard InChI is InChI=1S/C12H14N4S/c13-11-6-14-8-15-12(11)16(9-3-4-9)7-10-2-1-5-17-10/h1-2,5-6,8-9H,3-4,7,13H2. The summed E-state index contributed by atoms with van der Waals surface area (Å²) in [7, 11) is 0. The number of aromatic nitrogens is 2. The van der Waals surface area contributed by atoms with Crippen molar-refractivity contribution in [3.05, 3.63) is 34.9 Å². The van der Waals surface area contributed by atoms with Gasteiger partial charge in [-0.05, 0) is 24.3 Å². The summed E-state index contributed by atoms with van der Waals surface area (Å²) in [5.74, 6) is 0.871. The molecular formula is C12H14N4S. The first-order chi connectivity index (χ1) is 8.34. The van der Waals surface area contributed by atoms with Crippen LogP contribution < -0.4 is 10.6 Å². The fourth-order valence-corrected chi connectivity index (χ4v) is 2.61. The summed E-state index contributed by atoms with van der Waals surface area (Å²) >= 11 is 1.77. The summed E-state index contributed by atoms with van der Waals surface area (Å²) in [5.41, 5.74) is 6.62. The van der Waals surface area contributed by atoms with E-state index in [4.69, 9.17) is 5.73 Å². The van der Waals surface area contributed by atoms with Crippen molar-refractivity contribution >= 4 is 22.8 Å². The van der Waals surface area contributed by atoms with Gasteiger partial charge in [-0.15, -0.1) is 11.3 Å². The van der Waals surface area contributed by atoms with Crippen LogP contribution in [0, 0.1) is 0 Å². The molecule has 0 atom stereocenters. The Labute approximate surface area is 104 Å². The average molecular weight is 246 g/mol. The first kappa shape index (κ1) is 10.5. The minimum Gasteiger partial charge on any atom is -0.394 e. The van der Waals surface area contributed by atoms with Crippen LogP contribution in [0.4, 0.5) is 11.5 Å². The highest BCUT2D eigenvalue weighted by atomic mass is 32.1. The molecular weight excluding hydrogens is 232 g/mol. The van der Waals surface area contributed by atoms with Gasteiger partial charge in [0.25, 0.3) is 0 Å². The highest BCUT2D eigenvalue weighted by molar-refractivity contribution is 7.09. The molecule has 0 bridgehead atoms. The number of nitrogen functional groups attached to an aromatic ring is 1. The number of hydrogen-bond donors (Lipinski definition) is 1. The molecule has 1 saturated carbocycles. The van der Waals surface area contributed by atoms with Crippen molar-refractivity contribution < 1.29 is 0 Å². The third-order valence-corrected chi connectivity index (χ3v) is 3.75. The molecule has 1 aliphatic carbocycles. The van der Waals surface area contributed by atoms with E-state index in [2.05, 4.69) is 32.4 Å². The van der Waals surface area contributed by atoms with Crippen LogP contribution in [0.5, 0.6) is 0 Å². The molecule has 3 rings (SSSR count). The number of nitrogens with zero attached hydrogens (tertiary/aromatic N) is 3. The van der Waals surface area contributed by atoms with Gasteiger partial charge in [0.15, 0.2) is 5.82 Å². The zero-order chi connectivity index (χ0) is 11.7. The molecule has 0 amide bonds. The van der Waals surface area contributed by atoms with E-state index < -0.39 is 0 Å². The number of rotatable bonds is 4. The smallest absolute Gasteiger partial charge is 0.155 e. The topological polar surface area (TPSA) is 55.0 Å². The van der Waals surface area contributed by atoms with Gasteiger partial charge >= 0.3 is 0 Å². The molecule has 0 radical (unpaired) electrons. The molecule has 0 spiro atoms. The SMILES string of the molecule is Nc1cncnc1N(Cc1cccs1)C1CC1. The van der Waals surface area contributed by atoms with Gasteiger partial charge in [0.1, 0.15) is 6.33 Å². The zero-order valence-electron chi connectivity index (χ0n) is 9.41. The van der Waals surface area contributed by atoms with E-state index in [1.807, 2.05) is 0 Å². The van der Waals surface area contributed by atoms with Crippen molar-refractivity contribution in [1.82, 2.24) is 9.97 Å². The Morgan fingerprint density at radius 1 is 1.47 bits per heavy atom. The van der Waals surface area contributed by atoms with E-state index in [9.17, 15) is 0 Å². The van der Waals surface area contributed by atoms with E-state index >= 15 is 0 Å². The van der Waals surface area contributed by atoms with Gasteiger partial charge in [0.05, 0.1) is 18.4 Å². The average Bonchev–Trinajstić information content (AvgIpc) is 3.05. The lowest BCUT2D eigenvalue weighted by atomic mass is 10.3. The van der Waals surface area contributed by atoms with Gasteiger partial charge in [-0.1, -0.05) is 6.07 Å². The van der Waals surface area contributed by atoms with E-state index in [-0.39, 0.29) is 0 Å². The van der Waals surface area contributed by atoms with Gasteiger partial charge in [-0.25, -0.2) is 9.97 Å². The van der Waals surface area contributed by atoms with Crippen LogP contribution in [0.3, 0.4) is 0 Å². The first-order valence-electron chi connectivity index (χ1n) is 5.69. The summed E-state index contributed by atoms with van der Waals surface area (Å²) in [5, 5.41) is 2.10.